The van der Waals surface area contributed by atoms with Crippen LogP contribution in [0.3, 0.4) is 0 Å². The molecular weight excluding hydrogens is 270 g/mol. The highest BCUT2D eigenvalue weighted by atomic mass is 32.2. The fourth-order valence-electron chi connectivity index (χ4n) is 2.03. The fraction of sp³-hybridized carbons (Fsp3) is 0.438. The number of hydrogen-bond donors (Lipinski definition) is 2. The van der Waals surface area contributed by atoms with Crippen LogP contribution in [0.4, 0.5) is 5.69 Å². The second-order valence-corrected chi connectivity index (χ2v) is 6.00. The maximum Gasteiger partial charge on any atom is 0.228 e. The lowest BCUT2D eigenvalue weighted by Gasteiger charge is -2.10. The number of carbonyl (C=O) groups is 1. The SMILES string of the molecule is Cc1ccc(NC(=O)C2CCSC2)cc1C#CCCO. The lowest BCUT2D eigenvalue weighted by atomic mass is 10.1. The Morgan fingerprint density at radius 1 is 1.55 bits per heavy atom. The van der Waals surface area contributed by atoms with Gasteiger partial charge in [-0.1, -0.05) is 17.9 Å². The Bertz CT molecular complexity index is 539. The van der Waals surface area contributed by atoms with E-state index in [4.69, 9.17) is 5.11 Å². The van der Waals surface area contributed by atoms with Crippen LogP contribution < -0.4 is 5.32 Å². The summed E-state index contributed by atoms with van der Waals surface area (Å²) >= 11 is 1.83. The third-order valence-electron chi connectivity index (χ3n) is 3.27. The van der Waals surface area contributed by atoms with Gasteiger partial charge in [0.25, 0.3) is 0 Å². The molecular formula is C16H19NO2S. The Morgan fingerprint density at radius 3 is 3.10 bits per heavy atom. The molecule has 1 atom stereocenters. The number of aryl methyl sites for hydroxylation is 1. The molecule has 1 saturated heterocycles. The van der Waals surface area contributed by atoms with Gasteiger partial charge in [-0.25, -0.2) is 0 Å². The van der Waals surface area contributed by atoms with E-state index in [1.807, 2.05) is 36.9 Å². The maximum atomic E-state index is 12.1. The van der Waals surface area contributed by atoms with Crippen LogP contribution in [0.2, 0.25) is 0 Å². The van der Waals surface area contributed by atoms with Crippen molar-refractivity contribution in [3.8, 4) is 11.8 Å². The third kappa shape index (κ3) is 4.03. The Morgan fingerprint density at radius 2 is 2.40 bits per heavy atom. The van der Waals surface area contributed by atoms with E-state index in [0.29, 0.717) is 6.42 Å². The normalized spacial score (nSPS) is 17.4. The lowest BCUT2D eigenvalue weighted by Crippen LogP contribution is -2.22. The largest absolute Gasteiger partial charge is 0.395 e. The number of aliphatic hydroxyl groups is 1. The van der Waals surface area contributed by atoms with Crippen LogP contribution in [0.25, 0.3) is 0 Å². The van der Waals surface area contributed by atoms with Crippen molar-refractivity contribution in [3.05, 3.63) is 29.3 Å². The minimum atomic E-state index is 0.0713. The number of aliphatic hydroxyl groups excluding tert-OH is 1. The molecule has 1 aromatic rings. The van der Waals surface area contributed by atoms with Gasteiger partial charge in [0, 0.05) is 29.3 Å². The molecule has 2 N–H and O–H groups in total. The van der Waals surface area contributed by atoms with E-state index in [1.165, 1.54) is 0 Å². The quantitative estimate of drug-likeness (QED) is 0.840. The highest BCUT2D eigenvalue weighted by Gasteiger charge is 2.23. The number of benzene rings is 1. The molecule has 3 nitrogen and oxygen atoms in total. The van der Waals surface area contributed by atoms with Gasteiger partial charge in [-0.15, -0.1) is 0 Å². The molecule has 0 radical (unpaired) electrons. The second-order valence-electron chi connectivity index (χ2n) is 4.85. The van der Waals surface area contributed by atoms with Gasteiger partial charge in [-0.2, -0.15) is 11.8 Å². The van der Waals surface area contributed by atoms with Crippen molar-refractivity contribution >= 4 is 23.4 Å². The number of hydrogen-bond acceptors (Lipinski definition) is 3. The van der Waals surface area contributed by atoms with Gasteiger partial charge in [-0.05, 0) is 36.8 Å². The number of thioether (sulfide) groups is 1. The van der Waals surface area contributed by atoms with Crippen LogP contribution in [0, 0.1) is 24.7 Å². The van der Waals surface area contributed by atoms with Crippen LogP contribution in [0.5, 0.6) is 0 Å². The Labute approximate surface area is 124 Å². The zero-order valence-electron chi connectivity index (χ0n) is 11.6. The molecule has 1 unspecified atom stereocenters. The van der Waals surface area contributed by atoms with Crippen molar-refractivity contribution in [2.45, 2.75) is 19.8 Å². The molecule has 0 saturated carbocycles. The number of amides is 1. The van der Waals surface area contributed by atoms with Crippen molar-refractivity contribution in [1.29, 1.82) is 0 Å². The van der Waals surface area contributed by atoms with Crippen molar-refractivity contribution in [2.24, 2.45) is 5.92 Å². The molecule has 1 aliphatic rings. The minimum Gasteiger partial charge on any atom is -0.395 e. The van der Waals surface area contributed by atoms with Crippen LogP contribution >= 0.6 is 11.8 Å². The van der Waals surface area contributed by atoms with Gasteiger partial charge in [0.1, 0.15) is 0 Å². The lowest BCUT2D eigenvalue weighted by molar-refractivity contribution is -0.119. The highest BCUT2D eigenvalue weighted by Crippen LogP contribution is 2.25. The van der Waals surface area contributed by atoms with Gasteiger partial charge >= 0.3 is 0 Å². The van der Waals surface area contributed by atoms with Crippen molar-refractivity contribution < 1.29 is 9.90 Å². The predicted molar refractivity (Wildman–Crippen MR) is 83.8 cm³/mol. The van der Waals surface area contributed by atoms with Crippen molar-refractivity contribution in [1.82, 2.24) is 0 Å². The second kappa shape index (κ2) is 7.37. The van der Waals surface area contributed by atoms with Gasteiger partial charge < -0.3 is 10.4 Å². The fourth-order valence-corrected chi connectivity index (χ4v) is 3.25. The summed E-state index contributed by atoms with van der Waals surface area (Å²) in [7, 11) is 0. The summed E-state index contributed by atoms with van der Waals surface area (Å²) in [6.45, 7) is 2.06. The molecule has 1 fully saturated rings. The summed E-state index contributed by atoms with van der Waals surface area (Å²) in [6.07, 6.45) is 1.43. The first-order valence-corrected chi connectivity index (χ1v) is 7.95. The molecule has 0 aromatic heterocycles. The molecule has 1 heterocycles. The van der Waals surface area contributed by atoms with Gasteiger partial charge in [0.2, 0.25) is 5.91 Å². The number of rotatable bonds is 3. The summed E-state index contributed by atoms with van der Waals surface area (Å²) < 4.78 is 0. The summed E-state index contributed by atoms with van der Waals surface area (Å²) in [4.78, 5) is 12.1. The zero-order chi connectivity index (χ0) is 14.4. The molecule has 1 aliphatic heterocycles. The van der Waals surface area contributed by atoms with Gasteiger partial charge in [-0.3, -0.25) is 4.79 Å². The Kier molecular flexibility index (Phi) is 5.51. The monoisotopic (exact) mass is 289 g/mol. The molecule has 106 valence electrons. The third-order valence-corrected chi connectivity index (χ3v) is 4.43. The van der Waals surface area contributed by atoms with Gasteiger partial charge in [0.15, 0.2) is 0 Å². The number of carbonyl (C=O) groups excluding carboxylic acids is 1. The number of anilines is 1. The smallest absolute Gasteiger partial charge is 0.228 e. The van der Waals surface area contributed by atoms with E-state index in [1.54, 1.807) is 0 Å². The van der Waals surface area contributed by atoms with E-state index in [2.05, 4.69) is 17.2 Å². The van der Waals surface area contributed by atoms with Crippen LogP contribution in [0.15, 0.2) is 18.2 Å². The maximum absolute atomic E-state index is 12.1. The molecule has 2 rings (SSSR count). The standard InChI is InChI=1S/C16H19NO2S/c1-12-5-6-15(10-13(12)4-2-3-8-18)17-16(19)14-7-9-20-11-14/h5-6,10,14,18H,3,7-9,11H2,1H3,(H,17,19). The first kappa shape index (κ1) is 15.0. The topological polar surface area (TPSA) is 49.3 Å². The summed E-state index contributed by atoms with van der Waals surface area (Å²) in [5.41, 5.74) is 2.77. The van der Waals surface area contributed by atoms with E-state index in [9.17, 15) is 4.79 Å². The van der Waals surface area contributed by atoms with Crippen LogP contribution in [0.1, 0.15) is 24.0 Å². The Balaban J connectivity index is 2.07. The molecule has 20 heavy (non-hydrogen) atoms. The average molecular weight is 289 g/mol. The number of nitrogens with one attached hydrogen (secondary N) is 1. The van der Waals surface area contributed by atoms with Crippen LogP contribution in [-0.2, 0) is 4.79 Å². The van der Waals surface area contributed by atoms with Crippen molar-refractivity contribution in [2.75, 3.05) is 23.4 Å². The molecule has 0 spiro atoms. The van der Waals surface area contributed by atoms with Crippen molar-refractivity contribution in [3.63, 3.8) is 0 Å². The Hall–Kier alpha value is -1.44. The van der Waals surface area contributed by atoms with E-state index in [-0.39, 0.29) is 18.4 Å². The highest BCUT2D eigenvalue weighted by molar-refractivity contribution is 7.99. The minimum absolute atomic E-state index is 0.0713. The molecule has 0 aliphatic carbocycles. The first-order valence-electron chi connectivity index (χ1n) is 6.79. The van der Waals surface area contributed by atoms with E-state index < -0.39 is 0 Å². The van der Waals surface area contributed by atoms with Gasteiger partial charge in [0.05, 0.1) is 6.61 Å². The van der Waals surface area contributed by atoms with E-state index >= 15 is 0 Å². The zero-order valence-corrected chi connectivity index (χ0v) is 12.4. The summed E-state index contributed by atoms with van der Waals surface area (Å²) in [5.74, 6) is 8.17. The molecule has 0 bridgehead atoms. The molecule has 4 heteroatoms. The molecule has 1 amide bonds. The summed E-state index contributed by atoms with van der Waals surface area (Å²) in [6, 6.07) is 5.77. The molecule has 1 aromatic carbocycles. The van der Waals surface area contributed by atoms with Crippen LogP contribution in [-0.4, -0.2) is 29.1 Å². The first-order chi connectivity index (χ1) is 9.70. The van der Waals surface area contributed by atoms with E-state index in [0.717, 1.165) is 34.7 Å². The summed E-state index contributed by atoms with van der Waals surface area (Å²) in [5, 5.41) is 11.7. The average Bonchev–Trinajstić information content (AvgIpc) is 2.96. The predicted octanol–water partition coefficient (Wildman–Crippen LogP) is 2.42.